The lowest BCUT2D eigenvalue weighted by molar-refractivity contribution is -0.141. The van der Waals surface area contributed by atoms with Crippen LogP contribution in [0.25, 0.3) is 0 Å². The van der Waals surface area contributed by atoms with E-state index in [1.807, 2.05) is 0 Å². The van der Waals surface area contributed by atoms with Gasteiger partial charge in [-0.2, -0.15) is 12.6 Å². The molecule has 18 nitrogen and oxygen atoms in total. The molecule has 1 saturated carbocycles. The van der Waals surface area contributed by atoms with Gasteiger partial charge in [-0.15, -0.1) is 0 Å². The Labute approximate surface area is 324 Å². The van der Waals surface area contributed by atoms with Crippen LogP contribution in [0.3, 0.4) is 0 Å². The number of rotatable bonds is 23. The minimum atomic E-state index is -1.51. The molecule has 55 heavy (non-hydrogen) atoms. The molecular weight excluding hydrogens is 740 g/mol. The monoisotopic (exact) mass is 794 g/mol. The SMILES string of the molecule is CC(C)C[C@H](NC(=O)[C@@H](Cc1ccc(O)cc1)NC(=O)[C@@H](N)CC(=O)O)C(=O)N[C@@H](CCC(=O)O)C(=O)N[C@@H](CC1CCCCC1)C(=O)N[C@@H](CS)C(=O)O. The van der Waals surface area contributed by atoms with E-state index in [9.17, 15) is 53.7 Å². The van der Waals surface area contributed by atoms with Crippen molar-refractivity contribution < 1.29 is 58.8 Å². The number of hydrogen-bond acceptors (Lipinski definition) is 11. The fraction of sp³-hybridized carbons (Fsp3) is 0.611. The van der Waals surface area contributed by atoms with Gasteiger partial charge in [0.05, 0.1) is 12.5 Å². The molecule has 0 aliphatic heterocycles. The number of carboxylic acid groups (broad SMARTS) is 3. The average molecular weight is 795 g/mol. The van der Waals surface area contributed by atoms with Gasteiger partial charge in [-0.25, -0.2) is 4.79 Å². The summed E-state index contributed by atoms with van der Waals surface area (Å²) in [5.74, 6) is -8.78. The lowest BCUT2D eigenvalue weighted by Crippen LogP contribution is -2.60. The first-order valence-electron chi connectivity index (χ1n) is 18.2. The van der Waals surface area contributed by atoms with Crippen molar-refractivity contribution in [2.75, 3.05) is 5.75 Å². The van der Waals surface area contributed by atoms with Crippen molar-refractivity contribution in [1.29, 1.82) is 0 Å². The van der Waals surface area contributed by atoms with E-state index in [0.717, 1.165) is 32.1 Å². The first-order chi connectivity index (χ1) is 25.9. The number of phenolic OH excluding ortho intramolecular Hbond substituents is 1. The first-order valence-corrected chi connectivity index (χ1v) is 18.9. The average Bonchev–Trinajstić information content (AvgIpc) is 3.11. The maximum atomic E-state index is 13.8. The summed E-state index contributed by atoms with van der Waals surface area (Å²) in [7, 11) is 0. The van der Waals surface area contributed by atoms with Gasteiger partial charge in [0, 0.05) is 18.6 Å². The second-order valence-corrected chi connectivity index (χ2v) is 14.6. The number of nitrogens with one attached hydrogen (secondary N) is 5. The van der Waals surface area contributed by atoms with E-state index < -0.39 is 103 Å². The third kappa shape index (κ3) is 17.0. The summed E-state index contributed by atoms with van der Waals surface area (Å²) in [4.78, 5) is 102. The normalized spacial score (nSPS) is 16.3. The summed E-state index contributed by atoms with van der Waals surface area (Å²) in [6, 6.07) is -2.59. The summed E-state index contributed by atoms with van der Waals surface area (Å²) < 4.78 is 0. The standard InChI is InChI=1S/C36H54N6O12S/c1-19(2)14-25(40-34(51)26(16-21-8-10-22(43)11-9-21)39-31(48)23(37)17-30(46)47)33(50)38-24(12-13-29(44)45)32(49)41-27(15-20-6-4-3-5-7-20)35(52)42-28(18-55)36(53)54/h8-11,19-20,23-28,43,55H,3-7,12-18,37H2,1-2H3,(H,38,50)(H,39,48)(H,40,51)(H,41,49)(H,42,52)(H,44,45)(H,46,47)(H,53,54)/t23-,24-,25-,26+,27-,28-/m0/s1. The molecule has 11 N–H and O–H groups in total. The Morgan fingerprint density at radius 2 is 1.22 bits per heavy atom. The minimum absolute atomic E-state index is 0.0241. The van der Waals surface area contributed by atoms with Gasteiger partial charge < -0.3 is 52.7 Å². The van der Waals surface area contributed by atoms with E-state index >= 15 is 0 Å². The topological polar surface area (TPSA) is 304 Å². The summed E-state index contributed by atoms with van der Waals surface area (Å²) in [5, 5.41) is 50.1. The third-order valence-electron chi connectivity index (χ3n) is 9.08. The molecule has 19 heteroatoms. The number of nitrogens with two attached hydrogens (primary N) is 1. The van der Waals surface area contributed by atoms with Crippen molar-refractivity contribution in [2.45, 2.75) is 121 Å². The molecule has 1 aliphatic carbocycles. The zero-order valence-electron chi connectivity index (χ0n) is 31.0. The number of aromatic hydroxyl groups is 1. The van der Waals surface area contributed by atoms with Gasteiger partial charge in [-0.05, 0) is 48.8 Å². The predicted octanol–water partition coefficient (Wildman–Crippen LogP) is 0.0564. The number of aliphatic carboxylic acids is 3. The highest BCUT2D eigenvalue weighted by atomic mass is 32.1. The number of benzene rings is 1. The highest BCUT2D eigenvalue weighted by Gasteiger charge is 2.34. The zero-order chi connectivity index (χ0) is 41.2. The fourth-order valence-electron chi connectivity index (χ4n) is 6.14. The molecule has 0 spiro atoms. The molecule has 1 aliphatic rings. The van der Waals surface area contributed by atoms with E-state index in [2.05, 4.69) is 39.2 Å². The number of thiol groups is 1. The van der Waals surface area contributed by atoms with Gasteiger partial charge in [0.15, 0.2) is 0 Å². The summed E-state index contributed by atoms with van der Waals surface area (Å²) >= 11 is 3.99. The van der Waals surface area contributed by atoms with Crippen LogP contribution in [0.4, 0.5) is 0 Å². The van der Waals surface area contributed by atoms with Crippen molar-refractivity contribution >= 4 is 60.1 Å². The Morgan fingerprint density at radius 1 is 0.709 bits per heavy atom. The van der Waals surface area contributed by atoms with Crippen LogP contribution in [-0.2, 0) is 44.8 Å². The smallest absolute Gasteiger partial charge is 0.327 e. The van der Waals surface area contributed by atoms with Crippen LogP contribution in [0.5, 0.6) is 5.75 Å². The second-order valence-electron chi connectivity index (χ2n) is 14.2. The van der Waals surface area contributed by atoms with Crippen molar-refractivity contribution in [1.82, 2.24) is 26.6 Å². The summed E-state index contributed by atoms with van der Waals surface area (Å²) in [6.45, 7) is 3.51. The van der Waals surface area contributed by atoms with E-state index in [1.165, 1.54) is 24.3 Å². The van der Waals surface area contributed by atoms with E-state index in [-0.39, 0.29) is 42.6 Å². The molecule has 5 amide bonds. The Morgan fingerprint density at radius 3 is 1.76 bits per heavy atom. The Bertz CT molecular complexity index is 1500. The molecule has 0 heterocycles. The van der Waals surface area contributed by atoms with Crippen molar-refractivity contribution in [3.05, 3.63) is 29.8 Å². The molecular formula is C36H54N6O12S. The number of amides is 5. The quantitative estimate of drug-likeness (QED) is 0.0654. The molecule has 1 aromatic rings. The van der Waals surface area contributed by atoms with Crippen LogP contribution in [0, 0.1) is 11.8 Å². The Kier molecular flexibility index (Phi) is 19.4. The molecule has 6 atom stereocenters. The van der Waals surface area contributed by atoms with Crippen LogP contribution >= 0.6 is 12.6 Å². The van der Waals surface area contributed by atoms with Gasteiger partial charge >= 0.3 is 17.9 Å². The molecule has 0 radical (unpaired) electrons. The lowest BCUT2D eigenvalue weighted by atomic mass is 9.84. The number of carboxylic acids is 3. The number of hydrogen-bond donors (Lipinski definition) is 11. The van der Waals surface area contributed by atoms with E-state index in [4.69, 9.17) is 10.8 Å². The van der Waals surface area contributed by atoms with Crippen LogP contribution in [0.15, 0.2) is 24.3 Å². The van der Waals surface area contributed by atoms with Crippen LogP contribution in [-0.4, -0.2) is 110 Å². The predicted molar refractivity (Wildman–Crippen MR) is 201 cm³/mol. The lowest BCUT2D eigenvalue weighted by Gasteiger charge is -2.29. The Balaban J connectivity index is 2.36. The van der Waals surface area contributed by atoms with Gasteiger partial charge in [-0.1, -0.05) is 58.1 Å². The number of carbonyl (C=O) groups excluding carboxylic acids is 5. The third-order valence-corrected chi connectivity index (χ3v) is 9.45. The summed E-state index contributed by atoms with van der Waals surface area (Å²) in [5.41, 5.74) is 6.20. The molecule has 0 saturated heterocycles. The van der Waals surface area contributed by atoms with Gasteiger partial charge in [0.25, 0.3) is 0 Å². The van der Waals surface area contributed by atoms with Gasteiger partial charge in [0.1, 0.15) is 36.0 Å². The number of carbonyl (C=O) groups is 8. The fourth-order valence-corrected chi connectivity index (χ4v) is 6.39. The highest BCUT2D eigenvalue weighted by molar-refractivity contribution is 7.80. The molecule has 1 aromatic carbocycles. The van der Waals surface area contributed by atoms with Crippen LogP contribution < -0.4 is 32.3 Å². The minimum Gasteiger partial charge on any atom is -0.508 e. The molecule has 306 valence electrons. The highest BCUT2D eigenvalue weighted by Crippen LogP contribution is 2.27. The molecule has 0 unspecified atom stereocenters. The van der Waals surface area contributed by atoms with Crippen LogP contribution in [0.2, 0.25) is 0 Å². The van der Waals surface area contributed by atoms with Gasteiger partial charge in [-0.3, -0.25) is 33.6 Å². The largest absolute Gasteiger partial charge is 0.508 e. The van der Waals surface area contributed by atoms with E-state index in [0.29, 0.717) is 5.56 Å². The number of phenols is 1. The maximum absolute atomic E-state index is 13.8. The molecule has 0 bridgehead atoms. The first kappa shape index (κ1) is 46.2. The van der Waals surface area contributed by atoms with Crippen molar-refractivity contribution in [2.24, 2.45) is 17.6 Å². The van der Waals surface area contributed by atoms with Crippen LogP contribution in [0.1, 0.15) is 83.6 Å². The zero-order valence-corrected chi connectivity index (χ0v) is 31.9. The summed E-state index contributed by atoms with van der Waals surface area (Å²) in [6.07, 6.45) is 2.76. The molecule has 0 aromatic heterocycles. The maximum Gasteiger partial charge on any atom is 0.327 e. The van der Waals surface area contributed by atoms with Crippen molar-refractivity contribution in [3.8, 4) is 5.75 Å². The molecule has 2 rings (SSSR count). The molecule has 1 fully saturated rings. The Hall–Kier alpha value is -4.91. The van der Waals surface area contributed by atoms with Gasteiger partial charge in [0.2, 0.25) is 29.5 Å². The second kappa shape index (κ2) is 23.1. The van der Waals surface area contributed by atoms with E-state index in [1.54, 1.807) is 13.8 Å². The van der Waals surface area contributed by atoms with Crippen molar-refractivity contribution in [3.63, 3.8) is 0 Å².